The van der Waals surface area contributed by atoms with Gasteiger partial charge in [-0.3, -0.25) is 0 Å². The third-order valence-corrected chi connectivity index (χ3v) is 9.38. The first-order chi connectivity index (χ1) is 13.9. The van der Waals surface area contributed by atoms with Gasteiger partial charge < -0.3 is 5.48 Å². The minimum absolute atomic E-state index is 0. The van der Waals surface area contributed by atoms with Crippen molar-refractivity contribution in [3.05, 3.63) is 133 Å². The summed E-state index contributed by atoms with van der Waals surface area (Å²) < 4.78 is 0. The number of benzene rings is 4. The van der Waals surface area contributed by atoms with Gasteiger partial charge in [-0.15, -0.1) is 0 Å². The van der Waals surface area contributed by atoms with Gasteiger partial charge in [-0.05, 0) is 48.0 Å². The third kappa shape index (κ3) is 4.54. The van der Waals surface area contributed by atoms with Gasteiger partial charge in [0.05, 0.1) is 6.16 Å². The Morgan fingerprint density at radius 3 is 1.21 bits per heavy atom. The van der Waals surface area contributed by atoms with Gasteiger partial charge in [-0.1, -0.05) is 91.0 Å². The second-order valence-corrected chi connectivity index (χ2v) is 10.3. The van der Waals surface area contributed by atoms with E-state index in [-0.39, 0.29) is 5.48 Å². The normalized spacial score (nSPS) is 11.2. The fourth-order valence-electron chi connectivity index (χ4n) is 3.72. The first kappa shape index (κ1) is 20.7. The van der Waals surface area contributed by atoms with E-state index in [2.05, 4.69) is 133 Å². The summed E-state index contributed by atoms with van der Waals surface area (Å²) in [5.74, 6) is 0. The van der Waals surface area contributed by atoms with E-state index in [4.69, 9.17) is 0 Å². The number of hydrogen-bond acceptors (Lipinski definition) is 1. The maximum absolute atomic E-state index is 2.36. The van der Waals surface area contributed by atoms with Crippen LogP contribution in [0.25, 0.3) is 6.08 Å². The fraction of sp³-hybridized carbons (Fsp3) is 0.0370. The Balaban J connectivity index is 0.00000240. The maximum Gasteiger partial charge on any atom is 0.115 e. The summed E-state index contributed by atoms with van der Waals surface area (Å²) in [5.41, 5.74) is 1.25. The van der Waals surface area contributed by atoms with Crippen LogP contribution in [0, 0.1) is 0 Å². The lowest BCUT2D eigenvalue weighted by molar-refractivity contribution is 0.824. The Kier molecular flexibility index (Phi) is 7.14. The van der Waals surface area contributed by atoms with E-state index in [9.17, 15) is 0 Å². The topological polar surface area (TPSA) is 30.0 Å². The molecule has 1 N–H and O–H groups in total. The molecule has 0 aliphatic heterocycles. The summed E-state index contributed by atoms with van der Waals surface area (Å²) in [6.07, 6.45) is 5.61. The molecule has 0 radical (unpaired) electrons. The Hall–Kier alpha value is -2.99. The van der Waals surface area contributed by atoms with Gasteiger partial charge in [0.2, 0.25) is 0 Å². The molecule has 29 heavy (non-hydrogen) atoms. The minimum atomic E-state index is -1.78. The van der Waals surface area contributed by atoms with Crippen LogP contribution < -0.4 is 15.9 Å². The van der Waals surface area contributed by atoms with Crippen LogP contribution in [-0.4, -0.2) is 11.6 Å². The zero-order valence-corrected chi connectivity index (χ0v) is 17.2. The van der Waals surface area contributed by atoms with Crippen molar-refractivity contribution in [2.45, 2.75) is 0 Å². The quantitative estimate of drug-likeness (QED) is 0.395. The van der Waals surface area contributed by atoms with E-state index in [0.717, 1.165) is 6.16 Å². The van der Waals surface area contributed by atoms with Gasteiger partial charge >= 0.3 is 0 Å². The van der Waals surface area contributed by atoms with Gasteiger partial charge in [0.15, 0.2) is 0 Å². The van der Waals surface area contributed by atoms with Crippen molar-refractivity contribution in [1.82, 2.24) is 0 Å². The monoisotopic (exact) mass is 396 g/mol. The van der Waals surface area contributed by atoms with E-state index in [0.29, 0.717) is 0 Å². The van der Waals surface area contributed by atoms with Gasteiger partial charge in [-0.25, -0.2) is 0 Å². The zero-order valence-electron chi connectivity index (χ0n) is 16.3. The molecule has 4 rings (SSSR count). The van der Waals surface area contributed by atoms with Crippen molar-refractivity contribution in [1.29, 1.82) is 0 Å². The van der Waals surface area contributed by atoms with Crippen molar-refractivity contribution in [3.8, 4) is 0 Å². The average molecular weight is 396 g/mol. The van der Waals surface area contributed by atoms with Crippen molar-refractivity contribution in [3.63, 3.8) is 0 Å². The maximum atomic E-state index is 2.36. The van der Waals surface area contributed by atoms with Crippen LogP contribution in [0.1, 0.15) is 5.56 Å². The molecule has 0 saturated heterocycles. The molecular formula is C27H25OP. The van der Waals surface area contributed by atoms with E-state index in [1.165, 1.54) is 21.5 Å². The molecule has 144 valence electrons. The fourth-order valence-corrected chi connectivity index (χ4v) is 7.71. The predicted molar refractivity (Wildman–Crippen MR) is 127 cm³/mol. The highest BCUT2D eigenvalue weighted by molar-refractivity contribution is 7.95. The van der Waals surface area contributed by atoms with E-state index >= 15 is 0 Å². The molecule has 0 amide bonds. The summed E-state index contributed by atoms with van der Waals surface area (Å²) in [4.78, 5) is 0. The second-order valence-electron chi connectivity index (χ2n) is 6.81. The molecule has 0 aromatic heterocycles. The van der Waals surface area contributed by atoms with Gasteiger partial charge in [0.1, 0.15) is 23.2 Å². The van der Waals surface area contributed by atoms with E-state index in [1.54, 1.807) is 0 Å². The highest BCUT2D eigenvalue weighted by atomic mass is 31.2. The molecule has 0 aliphatic carbocycles. The Bertz CT molecular complexity index is 916. The highest BCUT2D eigenvalue weighted by Gasteiger charge is 2.43. The second kappa shape index (κ2) is 9.98. The Morgan fingerprint density at radius 2 is 0.828 bits per heavy atom. The van der Waals surface area contributed by atoms with Crippen molar-refractivity contribution >= 4 is 29.3 Å². The molecular weight excluding hydrogens is 371 g/mol. The Morgan fingerprint density at radius 1 is 0.483 bits per heavy atom. The lowest BCUT2D eigenvalue weighted by Gasteiger charge is -2.26. The van der Waals surface area contributed by atoms with Crippen LogP contribution in [0.3, 0.4) is 0 Å². The molecule has 4 aromatic rings. The van der Waals surface area contributed by atoms with Crippen molar-refractivity contribution in [2.24, 2.45) is 0 Å². The first-order valence-electron chi connectivity index (χ1n) is 9.66. The number of hydrogen-bond donors (Lipinski definition) is 0. The first-order valence-corrected chi connectivity index (χ1v) is 11.6. The molecule has 0 atom stereocenters. The van der Waals surface area contributed by atoms with Crippen LogP contribution in [0.5, 0.6) is 0 Å². The summed E-state index contributed by atoms with van der Waals surface area (Å²) in [6, 6.07) is 43.6. The van der Waals surface area contributed by atoms with Gasteiger partial charge in [0, 0.05) is 0 Å². The molecule has 0 aliphatic rings. The molecule has 0 fully saturated rings. The third-order valence-electron chi connectivity index (χ3n) is 5.08. The van der Waals surface area contributed by atoms with Crippen LogP contribution in [0.15, 0.2) is 127 Å². The molecule has 0 heterocycles. The zero-order chi connectivity index (χ0) is 19.1. The van der Waals surface area contributed by atoms with Gasteiger partial charge in [0.25, 0.3) is 0 Å². The summed E-state index contributed by atoms with van der Waals surface area (Å²) >= 11 is 0. The molecule has 0 unspecified atom stereocenters. The highest BCUT2D eigenvalue weighted by Crippen LogP contribution is 2.55. The molecule has 0 spiro atoms. The van der Waals surface area contributed by atoms with Crippen LogP contribution in [0.4, 0.5) is 0 Å². The van der Waals surface area contributed by atoms with E-state index < -0.39 is 7.26 Å². The molecule has 0 bridgehead atoms. The summed E-state index contributed by atoms with van der Waals surface area (Å²) in [6.45, 7) is 0. The summed E-state index contributed by atoms with van der Waals surface area (Å²) in [5, 5.41) is 4.26. The molecule has 4 aromatic carbocycles. The SMILES string of the molecule is C(=C\c1ccccc1)/C[P+](c1ccccc1)(c1ccccc1)c1ccccc1.[OH-]. The van der Waals surface area contributed by atoms with Gasteiger partial charge in [-0.2, -0.15) is 0 Å². The van der Waals surface area contributed by atoms with Crippen molar-refractivity contribution in [2.75, 3.05) is 6.16 Å². The van der Waals surface area contributed by atoms with Crippen LogP contribution >= 0.6 is 7.26 Å². The van der Waals surface area contributed by atoms with Crippen LogP contribution in [-0.2, 0) is 0 Å². The molecule has 0 saturated carbocycles. The minimum Gasteiger partial charge on any atom is -0.870 e. The Labute approximate surface area is 174 Å². The predicted octanol–water partition coefficient (Wildman–Crippen LogP) is 5.52. The van der Waals surface area contributed by atoms with E-state index in [1.807, 2.05) is 0 Å². The van der Waals surface area contributed by atoms with Crippen LogP contribution in [0.2, 0.25) is 0 Å². The molecule has 2 heteroatoms. The lowest BCUT2D eigenvalue weighted by Crippen LogP contribution is -2.32. The number of rotatable bonds is 6. The van der Waals surface area contributed by atoms with Crippen molar-refractivity contribution < 1.29 is 5.48 Å². The standard InChI is InChI=1S/C27H24P.H2O/c1-5-14-24(15-6-1)16-13-23-28(25-17-7-2-8-18-25,26-19-9-3-10-20-26)27-21-11-4-12-22-27;/h1-22H,23H2;1H2/q+1;/p-1/b16-13+;. The number of allylic oxidation sites excluding steroid dienone is 1. The molecule has 1 nitrogen and oxygen atoms in total. The lowest BCUT2D eigenvalue weighted by atomic mass is 10.2. The summed E-state index contributed by atoms with van der Waals surface area (Å²) in [7, 11) is -1.78. The smallest absolute Gasteiger partial charge is 0.115 e. The largest absolute Gasteiger partial charge is 0.870 e. The average Bonchev–Trinajstić information content (AvgIpc) is 2.79.